The lowest BCUT2D eigenvalue weighted by molar-refractivity contribution is 0.0824. The monoisotopic (exact) mass is 558 g/mol. The van der Waals surface area contributed by atoms with E-state index in [-0.39, 0.29) is 5.91 Å². The van der Waals surface area contributed by atoms with E-state index in [0.717, 1.165) is 43.4 Å². The third-order valence-corrected chi connectivity index (χ3v) is 9.83. The summed E-state index contributed by atoms with van der Waals surface area (Å²) in [5.74, 6) is 0.0303. The van der Waals surface area contributed by atoms with Crippen LogP contribution < -0.4 is 20.3 Å². The minimum Gasteiger partial charge on any atom is -0.390 e. The van der Waals surface area contributed by atoms with Crippen molar-refractivity contribution in [2.75, 3.05) is 35.0 Å². The Morgan fingerprint density at radius 2 is 1.92 bits per heavy atom. The Morgan fingerprint density at radius 1 is 1.15 bits per heavy atom. The van der Waals surface area contributed by atoms with Crippen molar-refractivity contribution < 1.29 is 19.0 Å². The lowest BCUT2D eigenvalue weighted by Crippen LogP contribution is -2.50. The van der Waals surface area contributed by atoms with Crippen molar-refractivity contribution in [1.82, 2.24) is 10.6 Å². The smallest absolute Gasteiger partial charge is 0.251 e. The van der Waals surface area contributed by atoms with Crippen LogP contribution in [0.3, 0.4) is 0 Å². The molecule has 1 aliphatic carbocycles. The summed E-state index contributed by atoms with van der Waals surface area (Å²) in [6, 6.07) is 15.1. The molecule has 0 radical (unpaired) electrons. The van der Waals surface area contributed by atoms with E-state index in [1.54, 1.807) is 16.4 Å². The van der Waals surface area contributed by atoms with Gasteiger partial charge in [0, 0.05) is 36.9 Å². The molecule has 1 saturated heterocycles. The van der Waals surface area contributed by atoms with Gasteiger partial charge >= 0.3 is 0 Å². The number of rotatable bonds is 11. The zero-order valence-corrected chi connectivity index (χ0v) is 24.3. The van der Waals surface area contributed by atoms with Gasteiger partial charge in [-0.25, -0.2) is 0 Å². The Hall–Kier alpha value is -2.30. The molecule has 1 saturated carbocycles. The van der Waals surface area contributed by atoms with Crippen molar-refractivity contribution in [3.63, 3.8) is 0 Å². The van der Waals surface area contributed by atoms with Crippen LogP contribution in [0, 0.1) is 5.41 Å². The second-order valence-corrected chi connectivity index (χ2v) is 13.9. The fourth-order valence-electron chi connectivity index (χ4n) is 5.74. The molecule has 1 amide bonds. The predicted molar refractivity (Wildman–Crippen MR) is 162 cm³/mol. The highest BCUT2D eigenvalue weighted by Crippen LogP contribution is 2.50. The normalized spacial score (nSPS) is 22.6. The van der Waals surface area contributed by atoms with Crippen molar-refractivity contribution >= 4 is 28.1 Å². The Bertz CT molecular complexity index is 1100. The quantitative estimate of drug-likeness (QED) is 0.223. The Balaban J connectivity index is 1.53. The van der Waals surface area contributed by atoms with Crippen LogP contribution in [-0.4, -0.2) is 63.7 Å². The number of amides is 1. The van der Waals surface area contributed by atoms with Gasteiger partial charge < -0.3 is 21.1 Å². The second kappa shape index (κ2) is 12.9. The molecule has 1 heterocycles. The van der Waals surface area contributed by atoms with Crippen molar-refractivity contribution in [3.05, 3.63) is 59.7 Å². The van der Waals surface area contributed by atoms with Crippen LogP contribution >= 0.6 is 10.8 Å². The summed E-state index contributed by atoms with van der Waals surface area (Å²) in [5, 5.41) is 21.2. The SMILES string of the molecule is CCNc1cc(C(=O)N[C@@H](Cc2ccccc2)[C@H](O)CNC2CCC(C)(C)C2)cc(N2CCCCS2(O)O)c1. The van der Waals surface area contributed by atoms with E-state index in [2.05, 4.69) is 29.8 Å². The van der Waals surface area contributed by atoms with Crippen LogP contribution in [0.1, 0.15) is 68.8 Å². The lowest BCUT2D eigenvalue weighted by Gasteiger charge is -2.47. The molecule has 2 aromatic rings. The van der Waals surface area contributed by atoms with Gasteiger partial charge in [0.2, 0.25) is 0 Å². The van der Waals surface area contributed by atoms with Crippen molar-refractivity contribution in [3.8, 4) is 0 Å². The molecule has 9 heteroatoms. The first kappa shape index (κ1) is 29.7. The summed E-state index contributed by atoms with van der Waals surface area (Å²) >= 11 is 0. The second-order valence-electron chi connectivity index (χ2n) is 11.8. The van der Waals surface area contributed by atoms with Gasteiger partial charge in [-0.05, 0) is 74.6 Å². The number of anilines is 2. The molecule has 2 aliphatic rings. The van der Waals surface area contributed by atoms with Crippen molar-refractivity contribution in [2.24, 2.45) is 5.41 Å². The van der Waals surface area contributed by atoms with Gasteiger partial charge in [0.1, 0.15) is 0 Å². The maximum absolute atomic E-state index is 13.6. The molecular formula is C30H46N4O4S. The topological polar surface area (TPSA) is 117 Å². The highest BCUT2D eigenvalue weighted by molar-refractivity contribution is 8.25. The van der Waals surface area contributed by atoms with Crippen molar-refractivity contribution in [2.45, 2.75) is 77.5 Å². The number of benzene rings is 2. The van der Waals surface area contributed by atoms with E-state index in [0.29, 0.717) is 54.5 Å². The predicted octanol–water partition coefficient (Wildman–Crippen LogP) is 5.25. The number of carbonyl (C=O) groups is 1. The van der Waals surface area contributed by atoms with Gasteiger partial charge in [-0.2, -0.15) is 0 Å². The first-order valence-corrected chi connectivity index (χ1v) is 15.9. The minimum absolute atomic E-state index is 0.300. The molecule has 2 fully saturated rings. The molecule has 1 unspecified atom stereocenters. The van der Waals surface area contributed by atoms with Crippen LogP contribution in [0.2, 0.25) is 0 Å². The molecule has 1 aliphatic heterocycles. The average molecular weight is 559 g/mol. The van der Waals surface area contributed by atoms with E-state index in [9.17, 15) is 19.0 Å². The van der Waals surface area contributed by atoms with E-state index >= 15 is 0 Å². The highest BCUT2D eigenvalue weighted by atomic mass is 32.3. The number of nitrogens with zero attached hydrogens (tertiary/aromatic N) is 1. The zero-order chi connectivity index (χ0) is 28.0. The van der Waals surface area contributed by atoms with Crippen LogP contribution in [0.15, 0.2) is 48.5 Å². The van der Waals surface area contributed by atoms with Gasteiger partial charge in [0.25, 0.3) is 5.91 Å². The maximum Gasteiger partial charge on any atom is 0.251 e. The first-order valence-electron chi connectivity index (χ1n) is 14.2. The molecule has 0 aromatic heterocycles. The number of nitrogens with one attached hydrogen (secondary N) is 3. The fourth-order valence-corrected chi connectivity index (χ4v) is 7.42. The summed E-state index contributed by atoms with van der Waals surface area (Å²) < 4.78 is 23.0. The molecule has 8 nitrogen and oxygen atoms in total. The number of aliphatic hydroxyl groups is 1. The van der Waals surface area contributed by atoms with E-state index in [1.165, 1.54) is 0 Å². The molecule has 4 rings (SSSR count). The Morgan fingerprint density at radius 3 is 2.59 bits per heavy atom. The summed E-state index contributed by atoms with van der Waals surface area (Å²) in [5.41, 5.74) is 3.12. The van der Waals surface area contributed by atoms with Crippen LogP contribution in [0.5, 0.6) is 0 Å². The van der Waals surface area contributed by atoms with Gasteiger partial charge in [0.05, 0.1) is 23.6 Å². The molecule has 3 atom stereocenters. The van der Waals surface area contributed by atoms with Crippen LogP contribution in [0.4, 0.5) is 11.4 Å². The average Bonchev–Trinajstić information content (AvgIpc) is 3.25. The summed E-state index contributed by atoms with van der Waals surface area (Å²) in [6.45, 7) is 8.13. The summed E-state index contributed by atoms with van der Waals surface area (Å²) in [7, 11) is -2.93. The first-order chi connectivity index (χ1) is 18.6. The number of hydrogen-bond donors (Lipinski definition) is 6. The summed E-state index contributed by atoms with van der Waals surface area (Å²) in [6.07, 6.45) is 4.68. The molecule has 6 N–H and O–H groups in total. The maximum atomic E-state index is 13.6. The standard InChI is InChI=1S/C30H46N4O4S/c1-4-31-25-17-23(18-26(19-25)34-14-8-9-15-39(34,37)38)29(36)33-27(16-22-10-6-5-7-11-22)28(35)21-32-24-12-13-30(2,3)20-24/h5-7,10-11,17-19,24,27-28,31-32,35,37-38H,4,8-9,12-16,20-21H2,1-3H3,(H,33,36)/t24?,27-,28+/m0/s1. The molecular weight excluding hydrogens is 512 g/mol. The van der Waals surface area contributed by atoms with E-state index in [1.807, 2.05) is 43.3 Å². The Labute approximate surface area is 235 Å². The largest absolute Gasteiger partial charge is 0.390 e. The number of hydrogen-bond acceptors (Lipinski definition) is 7. The highest BCUT2D eigenvalue weighted by Gasteiger charge is 2.32. The molecule has 0 spiro atoms. The molecule has 39 heavy (non-hydrogen) atoms. The van der Waals surface area contributed by atoms with Gasteiger partial charge in [-0.3, -0.25) is 18.2 Å². The zero-order valence-electron chi connectivity index (χ0n) is 23.5. The van der Waals surface area contributed by atoms with Gasteiger partial charge in [-0.15, -0.1) is 10.8 Å². The number of carbonyl (C=O) groups excluding carboxylic acids is 1. The third-order valence-electron chi connectivity index (χ3n) is 7.89. The minimum atomic E-state index is -2.93. The van der Waals surface area contributed by atoms with Crippen molar-refractivity contribution in [1.29, 1.82) is 0 Å². The summed E-state index contributed by atoms with van der Waals surface area (Å²) in [4.78, 5) is 13.6. The van der Waals surface area contributed by atoms with E-state index < -0.39 is 22.9 Å². The van der Waals surface area contributed by atoms with Gasteiger partial charge in [0.15, 0.2) is 0 Å². The van der Waals surface area contributed by atoms with Gasteiger partial charge in [-0.1, -0.05) is 44.2 Å². The lowest BCUT2D eigenvalue weighted by atomic mass is 9.92. The van der Waals surface area contributed by atoms with Crippen LogP contribution in [0.25, 0.3) is 0 Å². The van der Waals surface area contributed by atoms with E-state index in [4.69, 9.17) is 0 Å². The molecule has 2 aromatic carbocycles. The third kappa shape index (κ3) is 8.11. The molecule has 216 valence electrons. The number of aliphatic hydroxyl groups excluding tert-OH is 1. The van der Waals surface area contributed by atoms with Crippen LogP contribution in [-0.2, 0) is 6.42 Å². The molecule has 0 bridgehead atoms. The fraction of sp³-hybridized carbons (Fsp3) is 0.567. The Kier molecular flexibility index (Phi) is 9.82.